The molecule has 0 heterocycles. The van der Waals surface area contributed by atoms with Crippen LogP contribution in [0.25, 0.3) is 0 Å². The molecule has 10 heteroatoms. The molecule has 0 saturated heterocycles. The first-order valence-electron chi connectivity index (χ1n) is 4.96. The van der Waals surface area contributed by atoms with Crippen molar-refractivity contribution in [2.75, 3.05) is 7.11 Å². The van der Waals surface area contributed by atoms with Crippen LogP contribution >= 0.6 is 11.8 Å². The van der Waals surface area contributed by atoms with E-state index in [0.29, 0.717) is 7.11 Å². The number of hydrogen-bond donors (Lipinski definition) is 1. The molecule has 116 valence electrons. The van der Waals surface area contributed by atoms with Gasteiger partial charge in [-0.25, -0.2) is 0 Å². The molecule has 0 aromatic heterocycles. The zero-order chi connectivity index (χ0) is 16.3. The van der Waals surface area contributed by atoms with Crippen LogP contribution in [0.2, 0.25) is 0 Å². The van der Waals surface area contributed by atoms with Crippen molar-refractivity contribution < 1.29 is 41.4 Å². The van der Waals surface area contributed by atoms with E-state index >= 15 is 0 Å². The second-order valence-electron chi connectivity index (χ2n) is 3.63. The Balaban J connectivity index is 5.62. The van der Waals surface area contributed by atoms with Crippen LogP contribution in [0.15, 0.2) is 10.7 Å². The number of ketones is 1. The highest BCUT2D eigenvalue weighted by atomic mass is 32.2. The van der Waals surface area contributed by atoms with E-state index in [1.807, 2.05) is 0 Å². The van der Waals surface area contributed by atoms with E-state index in [1.165, 1.54) is 0 Å². The first-order valence-corrected chi connectivity index (χ1v) is 5.78. The minimum atomic E-state index is -5.57. The highest BCUT2D eigenvalue weighted by Gasteiger charge is 2.62. The number of hydrogen-bond acceptors (Lipinski definition) is 5. The monoisotopic (exact) mass is 322 g/mol. The number of thioether (sulfide) groups is 1. The summed E-state index contributed by atoms with van der Waals surface area (Å²) in [5.74, 6) is -7.86. The van der Waals surface area contributed by atoms with Crippen molar-refractivity contribution in [2.45, 2.75) is 25.3 Å². The normalized spacial score (nSPS) is 15.4. The number of carbonyl (C=O) groups excluding carboxylic acids is 2. The Hall–Kier alpha value is -1.32. The van der Waals surface area contributed by atoms with Crippen molar-refractivity contribution in [3.8, 4) is 0 Å². The van der Waals surface area contributed by atoms with E-state index in [-0.39, 0.29) is 0 Å². The SMILES string of the molecule is COC(=O)[C@H](C(F)(F)F)C(F)(F)S/C(C(C)=O)=C(\C)O. The summed E-state index contributed by atoms with van der Waals surface area (Å²) in [6.45, 7) is 1.65. The van der Waals surface area contributed by atoms with Gasteiger partial charge >= 0.3 is 17.4 Å². The predicted molar refractivity (Wildman–Crippen MR) is 60.1 cm³/mol. The number of carbonyl (C=O) groups is 2. The number of allylic oxidation sites excluding steroid dienone is 2. The first kappa shape index (κ1) is 18.7. The van der Waals surface area contributed by atoms with E-state index in [0.717, 1.165) is 13.8 Å². The van der Waals surface area contributed by atoms with Gasteiger partial charge in [-0.15, -0.1) is 0 Å². The smallest absolute Gasteiger partial charge is 0.409 e. The van der Waals surface area contributed by atoms with Crippen molar-refractivity contribution in [3.63, 3.8) is 0 Å². The number of Topliss-reactive ketones (excluding diaryl/α,β-unsaturated/α-hetero) is 1. The Morgan fingerprint density at radius 3 is 1.85 bits per heavy atom. The number of rotatable bonds is 5. The van der Waals surface area contributed by atoms with Gasteiger partial charge in [-0.3, -0.25) is 9.59 Å². The molecule has 0 rings (SSSR count). The molecule has 0 aliphatic rings. The molecule has 0 radical (unpaired) electrons. The molecule has 0 spiro atoms. The molecule has 0 aliphatic carbocycles. The predicted octanol–water partition coefficient (Wildman–Crippen LogP) is 3.04. The van der Waals surface area contributed by atoms with Crippen LogP contribution in [-0.4, -0.2) is 35.4 Å². The molecular weight excluding hydrogens is 311 g/mol. The van der Waals surface area contributed by atoms with Crippen molar-refractivity contribution in [1.29, 1.82) is 0 Å². The highest BCUT2D eigenvalue weighted by Crippen LogP contribution is 2.48. The van der Waals surface area contributed by atoms with Crippen molar-refractivity contribution in [3.05, 3.63) is 10.7 Å². The third-order valence-electron chi connectivity index (χ3n) is 1.99. The van der Waals surface area contributed by atoms with Gasteiger partial charge < -0.3 is 9.84 Å². The van der Waals surface area contributed by atoms with E-state index in [9.17, 15) is 31.5 Å². The van der Waals surface area contributed by atoms with Gasteiger partial charge in [0.05, 0.1) is 12.0 Å². The zero-order valence-corrected chi connectivity index (χ0v) is 11.4. The summed E-state index contributed by atoms with van der Waals surface area (Å²) in [4.78, 5) is 21.0. The van der Waals surface area contributed by atoms with E-state index < -0.39 is 51.5 Å². The lowest BCUT2D eigenvalue weighted by Crippen LogP contribution is -2.44. The largest absolute Gasteiger partial charge is 0.511 e. The lowest BCUT2D eigenvalue weighted by Gasteiger charge is -2.26. The Morgan fingerprint density at radius 1 is 1.15 bits per heavy atom. The van der Waals surface area contributed by atoms with E-state index in [2.05, 4.69) is 4.74 Å². The van der Waals surface area contributed by atoms with E-state index in [4.69, 9.17) is 5.11 Å². The minimum Gasteiger partial charge on any atom is -0.511 e. The Bertz CT molecular complexity index is 426. The maximum absolute atomic E-state index is 13.6. The highest BCUT2D eigenvalue weighted by molar-refractivity contribution is 8.05. The van der Waals surface area contributed by atoms with Crippen molar-refractivity contribution in [1.82, 2.24) is 0 Å². The van der Waals surface area contributed by atoms with Gasteiger partial charge in [0.1, 0.15) is 5.76 Å². The number of esters is 1. The zero-order valence-electron chi connectivity index (χ0n) is 10.5. The van der Waals surface area contributed by atoms with Gasteiger partial charge in [-0.05, 0) is 25.6 Å². The molecule has 1 N–H and O–H groups in total. The van der Waals surface area contributed by atoms with Gasteiger partial charge in [-0.2, -0.15) is 22.0 Å². The number of halogens is 5. The van der Waals surface area contributed by atoms with Gasteiger partial charge in [-0.1, -0.05) is 0 Å². The Morgan fingerprint density at radius 2 is 1.60 bits per heavy atom. The molecule has 0 saturated carbocycles. The molecule has 20 heavy (non-hydrogen) atoms. The summed E-state index contributed by atoms with van der Waals surface area (Å²) in [7, 11) is 0.529. The topological polar surface area (TPSA) is 63.6 Å². The van der Waals surface area contributed by atoms with Crippen LogP contribution in [0.1, 0.15) is 13.8 Å². The third-order valence-corrected chi connectivity index (χ3v) is 3.28. The van der Waals surface area contributed by atoms with Crippen molar-refractivity contribution in [2.24, 2.45) is 5.92 Å². The van der Waals surface area contributed by atoms with Gasteiger partial charge in [0.15, 0.2) is 5.78 Å². The maximum atomic E-state index is 13.6. The van der Waals surface area contributed by atoms with Crippen LogP contribution in [-0.2, 0) is 14.3 Å². The quantitative estimate of drug-likeness (QED) is 0.365. The second-order valence-corrected chi connectivity index (χ2v) is 4.79. The number of aliphatic hydroxyl groups is 1. The summed E-state index contributed by atoms with van der Waals surface area (Å²) in [6.07, 6.45) is -5.57. The lowest BCUT2D eigenvalue weighted by atomic mass is 10.1. The Kier molecular flexibility index (Phi) is 6.00. The number of aliphatic hydroxyl groups excluding tert-OH is 1. The summed E-state index contributed by atoms with van der Waals surface area (Å²) in [5, 5.41) is 4.32. The maximum Gasteiger partial charge on any atom is 0.409 e. The summed E-state index contributed by atoms with van der Waals surface area (Å²) < 4.78 is 68.6. The van der Waals surface area contributed by atoms with Crippen LogP contribution in [0.4, 0.5) is 22.0 Å². The fraction of sp³-hybridized carbons (Fsp3) is 0.600. The number of ether oxygens (including phenoxy) is 1. The van der Waals surface area contributed by atoms with Crippen LogP contribution in [0.5, 0.6) is 0 Å². The number of alkyl halides is 5. The summed E-state index contributed by atoms with van der Waals surface area (Å²) in [6, 6.07) is 0. The average Bonchev–Trinajstić information content (AvgIpc) is 2.22. The van der Waals surface area contributed by atoms with Crippen molar-refractivity contribution >= 4 is 23.5 Å². The standard InChI is InChI=1S/C10H11F5O4S/c1-4(16)6(5(2)17)20-10(14,15)7(8(18)19-3)9(11,12)13/h7,16H,1-3H3/b6-4+/t7-/m1/s1. The first-order chi connectivity index (χ1) is 8.84. The van der Waals surface area contributed by atoms with Crippen LogP contribution in [0.3, 0.4) is 0 Å². The van der Waals surface area contributed by atoms with Crippen LogP contribution in [0, 0.1) is 5.92 Å². The molecule has 0 unspecified atom stereocenters. The second kappa shape index (κ2) is 6.42. The third kappa shape index (κ3) is 4.66. The molecule has 0 aliphatic heterocycles. The number of methoxy groups -OCH3 is 1. The van der Waals surface area contributed by atoms with E-state index in [1.54, 1.807) is 0 Å². The molecule has 0 aromatic carbocycles. The van der Waals surface area contributed by atoms with Gasteiger partial charge in [0.2, 0.25) is 5.92 Å². The molecular formula is C10H11F5O4S. The molecule has 0 aromatic rings. The molecule has 1 atom stereocenters. The lowest BCUT2D eigenvalue weighted by molar-refractivity contribution is -0.224. The minimum absolute atomic E-state index is 0.529. The van der Waals surface area contributed by atoms with Crippen LogP contribution < -0.4 is 0 Å². The molecule has 0 fully saturated rings. The molecule has 4 nitrogen and oxygen atoms in total. The van der Waals surface area contributed by atoms with Gasteiger partial charge in [0.25, 0.3) is 0 Å². The van der Waals surface area contributed by atoms with Gasteiger partial charge in [0, 0.05) is 0 Å². The fourth-order valence-corrected chi connectivity index (χ4v) is 2.09. The summed E-state index contributed by atoms with van der Waals surface area (Å²) in [5.41, 5.74) is 0. The molecule has 0 bridgehead atoms. The molecule has 0 amide bonds. The summed E-state index contributed by atoms with van der Waals surface area (Å²) >= 11 is -0.832. The Labute approximate surface area is 115 Å². The fourth-order valence-electron chi connectivity index (χ4n) is 1.17. The average molecular weight is 322 g/mol.